The smallest absolute Gasteiger partial charge is 0.164 e. The average molecular weight is 481 g/mol. The molecule has 4 heterocycles. The number of aromatic amines is 1. The third-order valence-corrected chi connectivity index (χ3v) is 5.06. The molecule has 4 rings (SSSR count). The van der Waals surface area contributed by atoms with Crippen LogP contribution in [0.2, 0.25) is 0 Å². The van der Waals surface area contributed by atoms with E-state index in [4.69, 9.17) is 14.2 Å². The lowest BCUT2D eigenvalue weighted by atomic mass is 10.0. The van der Waals surface area contributed by atoms with E-state index in [9.17, 15) is 0 Å². The third kappa shape index (κ3) is 5.51. The number of halogens is 1. The van der Waals surface area contributed by atoms with Crippen LogP contribution < -0.4 is 0 Å². The molecule has 2 atom stereocenters. The molecule has 140 valence electrons. The van der Waals surface area contributed by atoms with Crippen molar-refractivity contribution in [3.05, 3.63) is 24.3 Å². The van der Waals surface area contributed by atoms with E-state index in [2.05, 4.69) is 19.1 Å². The van der Waals surface area contributed by atoms with Crippen LogP contribution in [0.3, 0.4) is 0 Å². The summed E-state index contributed by atoms with van der Waals surface area (Å²) in [7, 11) is 2.96. The van der Waals surface area contributed by atoms with Gasteiger partial charge in [-0.15, -0.1) is 0 Å². The maximum Gasteiger partial charge on any atom is 0.164 e. The molecule has 0 bridgehead atoms. The van der Waals surface area contributed by atoms with Crippen molar-refractivity contribution < 1.29 is 18.4 Å². The molecule has 0 aliphatic carbocycles. The Morgan fingerprint density at radius 3 is 2.68 bits per heavy atom. The molecular formula is C16H24IN3O4S. The molecule has 2 aromatic rings. The highest BCUT2D eigenvalue weighted by Gasteiger charge is 2.53. The SMILES string of the molecule is CC1(C)OC2COC[C@@]2(C)O1.COSI.Cc1ncnc2[nH]ccc12. The predicted molar refractivity (Wildman–Crippen MR) is 107 cm³/mol. The Balaban J connectivity index is 0.000000150. The summed E-state index contributed by atoms with van der Waals surface area (Å²) >= 11 is 2.05. The Bertz CT molecular complexity index is 682. The molecule has 2 saturated heterocycles. The zero-order chi connectivity index (χ0) is 18.5. The summed E-state index contributed by atoms with van der Waals surface area (Å²) in [5.41, 5.74) is 1.72. The zero-order valence-corrected chi connectivity index (χ0v) is 18.0. The van der Waals surface area contributed by atoms with Gasteiger partial charge in [-0.2, -0.15) is 0 Å². The van der Waals surface area contributed by atoms with E-state index in [0.29, 0.717) is 13.2 Å². The molecule has 0 saturated carbocycles. The number of aromatic nitrogens is 3. The number of hydrogen-bond donors (Lipinski definition) is 1. The topological polar surface area (TPSA) is 78.5 Å². The highest BCUT2D eigenvalue weighted by molar-refractivity contribution is 14.2. The number of nitrogens with zero attached hydrogens (tertiary/aromatic N) is 2. The predicted octanol–water partition coefficient (Wildman–Crippen LogP) is 3.82. The summed E-state index contributed by atoms with van der Waals surface area (Å²) < 4.78 is 21.0. The Morgan fingerprint density at radius 1 is 1.36 bits per heavy atom. The largest absolute Gasteiger partial charge is 0.376 e. The number of rotatable bonds is 1. The minimum Gasteiger partial charge on any atom is -0.376 e. The van der Waals surface area contributed by atoms with E-state index >= 15 is 0 Å². The number of nitrogens with one attached hydrogen (secondary N) is 1. The molecule has 0 spiro atoms. The molecule has 1 N–H and O–H groups in total. The molecule has 2 aromatic heterocycles. The highest BCUT2D eigenvalue weighted by atomic mass is 127. The van der Waals surface area contributed by atoms with Gasteiger partial charge in [0.15, 0.2) is 5.79 Å². The van der Waals surface area contributed by atoms with E-state index < -0.39 is 5.79 Å². The number of fused-ring (bicyclic) bond motifs is 2. The number of hydrogen-bond acceptors (Lipinski definition) is 7. The number of H-pyrrole nitrogens is 1. The van der Waals surface area contributed by atoms with Crippen LogP contribution in [0.25, 0.3) is 11.0 Å². The second-order valence-corrected chi connectivity index (χ2v) is 7.90. The van der Waals surface area contributed by atoms with E-state index in [1.54, 1.807) is 13.4 Å². The van der Waals surface area contributed by atoms with Crippen LogP contribution in [0.1, 0.15) is 26.5 Å². The van der Waals surface area contributed by atoms with Crippen molar-refractivity contribution in [2.75, 3.05) is 20.3 Å². The van der Waals surface area contributed by atoms with Crippen molar-refractivity contribution in [1.29, 1.82) is 0 Å². The highest BCUT2D eigenvalue weighted by Crippen LogP contribution is 2.39. The van der Waals surface area contributed by atoms with Gasteiger partial charge in [0.1, 0.15) is 23.7 Å². The van der Waals surface area contributed by atoms with Crippen molar-refractivity contribution in [1.82, 2.24) is 15.0 Å². The second kappa shape index (κ2) is 8.96. The van der Waals surface area contributed by atoms with Crippen molar-refractivity contribution in [2.24, 2.45) is 0 Å². The lowest BCUT2D eigenvalue weighted by molar-refractivity contribution is -0.179. The van der Waals surface area contributed by atoms with Crippen LogP contribution in [0, 0.1) is 6.92 Å². The van der Waals surface area contributed by atoms with Gasteiger partial charge in [-0.1, -0.05) is 0 Å². The van der Waals surface area contributed by atoms with Crippen LogP contribution >= 0.6 is 30.4 Å². The van der Waals surface area contributed by atoms with E-state index in [0.717, 1.165) is 16.7 Å². The van der Waals surface area contributed by atoms with Crippen molar-refractivity contribution >= 4 is 41.5 Å². The molecule has 1 unspecified atom stereocenters. The molecule has 9 heteroatoms. The number of ether oxygens (including phenoxy) is 3. The van der Waals surface area contributed by atoms with Gasteiger partial charge in [0.25, 0.3) is 0 Å². The first-order valence-electron chi connectivity index (χ1n) is 7.83. The fourth-order valence-electron chi connectivity index (χ4n) is 2.82. The van der Waals surface area contributed by atoms with Crippen LogP contribution in [0.4, 0.5) is 0 Å². The summed E-state index contributed by atoms with van der Waals surface area (Å²) in [4.78, 5) is 11.1. The van der Waals surface area contributed by atoms with Gasteiger partial charge in [0.2, 0.25) is 0 Å². The van der Waals surface area contributed by atoms with Crippen LogP contribution in [0.5, 0.6) is 0 Å². The van der Waals surface area contributed by atoms with Crippen LogP contribution in [-0.4, -0.2) is 52.8 Å². The van der Waals surface area contributed by atoms with E-state index in [1.807, 2.05) is 61.2 Å². The Labute approximate surface area is 164 Å². The molecule has 0 amide bonds. The van der Waals surface area contributed by atoms with Gasteiger partial charge < -0.3 is 23.4 Å². The summed E-state index contributed by atoms with van der Waals surface area (Å²) in [6.45, 7) is 9.21. The van der Waals surface area contributed by atoms with Gasteiger partial charge in [-0.25, -0.2) is 9.97 Å². The van der Waals surface area contributed by atoms with Gasteiger partial charge in [-0.3, -0.25) is 0 Å². The summed E-state index contributed by atoms with van der Waals surface area (Å²) in [5.74, 6) is -0.427. The summed E-state index contributed by atoms with van der Waals surface area (Å²) in [6, 6.07) is 1.98. The molecule has 25 heavy (non-hydrogen) atoms. The van der Waals surface area contributed by atoms with Crippen LogP contribution in [-0.2, 0) is 18.4 Å². The molecule has 7 nitrogen and oxygen atoms in total. The monoisotopic (exact) mass is 481 g/mol. The average Bonchev–Trinajstić information content (AvgIpc) is 3.20. The van der Waals surface area contributed by atoms with Gasteiger partial charge >= 0.3 is 0 Å². The first kappa shape index (κ1) is 20.8. The standard InChI is InChI=1S/C8H14O3.C7H7N3.CH3IOS/c1-7(2)10-6-4-9-5-8(6,3)11-7;1-5-6-2-3-8-7(6)10-4-9-5;1-3-4-2/h6H,4-5H2,1-3H3;2-4H,1H3,(H,8,9,10);1H3/t6?,8-;;/m1../s1. The van der Waals surface area contributed by atoms with Crippen molar-refractivity contribution in [3.63, 3.8) is 0 Å². The Hall–Kier alpha value is -0.460. The van der Waals surface area contributed by atoms with Crippen molar-refractivity contribution in [3.8, 4) is 0 Å². The Kier molecular flexibility index (Phi) is 7.47. The lowest BCUT2D eigenvalue weighted by Gasteiger charge is -2.22. The molecule has 2 fully saturated rings. The fraction of sp³-hybridized carbons (Fsp3) is 0.625. The van der Waals surface area contributed by atoms with Crippen molar-refractivity contribution in [2.45, 2.75) is 45.2 Å². The molecule has 2 aliphatic rings. The third-order valence-electron chi connectivity index (χ3n) is 3.86. The first-order valence-corrected chi connectivity index (χ1v) is 11.1. The molecule has 2 aliphatic heterocycles. The minimum absolute atomic E-state index is 0.123. The molecule has 0 radical (unpaired) electrons. The van der Waals surface area contributed by atoms with Gasteiger partial charge in [0.05, 0.1) is 35.2 Å². The maximum absolute atomic E-state index is 5.71. The minimum atomic E-state index is -0.427. The summed E-state index contributed by atoms with van der Waals surface area (Å²) in [6.07, 6.45) is 3.55. The first-order chi connectivity index (χ1) is 11.8. The maximum atomic E-state index is 5.71. The van der Waals surface area contributed by atoms with Crippen LogP contribution in [0.15, 0.2) is 18.6 Å². The summed E-state index contributed by atoms with van der Waals surface area (Å²) in [5, 5.41) is 1.10. The number of aryl methyl sites for hydroxylation is 1. The zero-order valence-electron chi connectivity index (χ0n) is 15.0. The van der Waals surface area contributed by atoms with Gasteiger partial charge in [-0.05, 0) is 33.8 Å². The fourth-order valence-corrected chi connectivity index (χ4v) is 2.82. The Morgan fingerprint density at radius 2 is 2.08 bits per heavy atom. The second-order valence-electron chi connectivity index (χ2n) is 6.36. The van der Waals surface area contributed by atoms with Gasteiger partial charge in [0, 0.05) is 32.8 Å². The van der Waals surface area contributed by atoms with E-state index in [-0.39, 0.29) is 11.7 Å². The quantitative estimate of drug-likeness (QED) is 0.490. The molecule has 0 aromatic carbocycles. The normalized spacial score (nSPS) is 26.4. The van der Waals surface area contributed by atoms with E-state index in [1.165, 1.54) is 9.21 Å². The molecular weight excluding hydrogens is 457 g/mol. The lowest BCUT2D eigenvalue weighted by Crippen LogP contribution is -2.35.